The van der Waals surface area contributed by atoms with E-state index in [1.165, 1.54) is 5.56 Å². The largest absolute Gasteiger partial charge is 0.493 e. The number of nitrogens with one attached hydrogen (secondary N) is 1. The molecule has 5 nitrogen and oxygen atoms in total. The van der Waals surface area contributed by atoms with Gasteiger partial charge in [0.05, 0.1) is 20.3 Å². The maximum Gasteiger partial charge on any atom is 0.243 e. The van der Waals surface area contributed by atoms with Gasteiger partial charge in [0.15, 0.2) is 11.5 Å². The van der Waals surface area contributed by atoms with Crippen LogP contribution in [-0.4, -0.2) is 24.7 Å². The maximum absolute atomic E-state index is 12.5. The van der Waals surface area contributed by atoms with E-state index in [2.05, 4.69) is 5.32 Å². The summed E-state index contributed by atoms with van der Waals surface area (Å²) in [6.45, 7) is 1.90. The van der Waals surface area contributed by atoms with Gasteiger partial charge in [-0.25, -0.2) is 0 Å². The van der Waals surface area contributed by atoms with E-state index in [0.29, 0.717) is 5.75 Å². The first-order valence-corrected chi connectivity index (χ1v) is 7.81. The molecule has 1 aliphatic rings. The van der Waals surface area contributed by atoms with Crippen LogP contribution in [0.25, 0.3) is 0 Å². The molecule has 2 aromatic rings. The predicted molar refractivity (Wildman–Crippen MR) is 87.9 cm³/mol. The first kappa shape index (κ1) is 15.5. The molecule has 5 heteroatoms. The number of benzene rings is 1. The second-order valence-electron chi connectivity index (χ2n) is 5.81. The van der Waals surface area contributed by atoms with Gasteiger partial charge in [-0.3, -0.25) is 4.79 Å². The summed E-state index contributed by atoms with van der Waals surface area (Å²) in [5.74, 6) is 1.46. The molecule has 1 amide bonds. The summed E-state index contributed by atoms with van der Waals surface area (Å²) in [5, 5.41) is 3.16. The third kappa shape index (κ3) is 2.91. The first-order valence-electron chi connectivity index (χ1n) is 7.81. The van der Waals surface area contributed by atoms with Crippen LogP contribution < -0.4 is 14.8 Å². The number of ether oxygens (including phenoxy) is 2. The second kappa shape index (κ2) is 6.36. The SMILES string of the molecule is COc1cc2c(cc1OC)C(NC(=O)[C@H](C)n1cccc1)CC2. The molecule has 2 atom stereocenters. The Morgan fingerprint density at radius 2 is 1.87 bits per heavy atom. The van der Waals surface area contributed by atoms with Gasteiger partial charge in [-0.15, -0.1) is 0 Å². The fourth-order valence-electron chi connectivity index (χ4n) is 3.12. The number of carbonyl (C=O) groups is 1. The highest BCUT2D eigenvalue weighted by Gasteiger charge is 2.27. The number of rotatable bonds is 5. The van der Waals surface area contributed by atoms with Gasteiger partial charge in [-0.1, -0.05) is 0 Å². The summed E-state index contributed by atoms with van der Waals surface area (Å²) >= 11 is 0. The van der Waals surface area contributed by atoms with Crippen molar-refractivity contribution in [3.63, 3.8) is 0 Å². The molecule has 122 valence electrons. The lowest BCUT2D eigenvalue weighted by Crippen LogP contribution is -2.33. The minimum Gasteiger partial charge on any atom is -0.493 e. The summed E-state index contributed by atoms with van der Waals surface area (Å²) in [5.41, 5.74) is 2.33. The monoisotopic (exact) mass is 314 g/mol. The van der Waals surface area contributed by atoms with Crippen LogP contribution in [0.15, 0.2) is 36.7 Å². The van der Waals surface area contributed by atoms with Crippen molar-refractivity contribution >= 4 is 5.91 Å². The second-order valence-corrected chi connectivity index (χ2v) is 5.81. The molecule has 0 fully saturated rings. The highest BCUT2D eigenvalue weighted by molar-refractivity contribution is 5.80. The molecule has 1 aromatic carbocycles. The zero-order chi connectivity index (χ0) is 16.4. The molecule has 0 radical (unpaired) electrons. The van der Waals surface area contributed by atoms with E-state index in [9.17, 15) is 4.79 Å². The van der Waals surface area contributed by atoms with Crippen LogP contribution >= 0.6 is 0 Å². The average molecular weight is 314 g/mol. The Balaban J connectivity index is 1.78. The summed E-state index contributed by atoms with van der Waals surface area (Å²) < 4.78 is 12.6. The molecule has 1 aromatic heterocycles. The third-order valence-electron chi connectivity index (χ3n) is 4.49. The normalized spacial score (nSPS) is 17.4. The van der Waals surface area contributed by atoms with E-state index < -0.39 is 0 Å². The van der Waals surface area contributed by atoms with E-state index >= 15 is 0 Å². The van der Waals surface area contributed by atoms with Crippen LogP contribution in [0.4, 0.5) is 0 Å². The van der Waals surface area contributed by atoms with Gasteiger partial charge in [0.25, 0.3) is 0 Å². The molecule has 1 N–H and O–H groups in total. The highest BCUT2D eigenvalue weighted by atomic mass is 16.5. The zero-order valence-electron chi connectivity index (χ0n) is 13.7. The van der Waals surface area contributed by atoms with E-state index in [0.717, 1.165) is 24.2 Å². The van der Waals surface area contributed by atoms with Crippen molar-refractivity contribution in [3.8, 4) is 11.5 Å². The topological polar surface area (TPSA) is 52.5 Å². The lowest BCUT2D eigenvalue weighted by atomic mass is 10.1. The van der Waals surface area contributed by atoms with Crippen molar-refractivity contribution in [2.45, 2.75) is 31.8 Å². The molecule has 0 saturated heterocycles. The van der Waals surface area contributed by atoms with Crippen LogP contribution in [-0.2, 0) is 11.2 Å². The Morgan fingerprint density at radius 1 is 1.22 bits per heavy atom. The fraction of sp³-hybridized carbons (Fsp3) is 0.389. The first-order chi connectivity index (χ1) is 11.1. The lowest BCUT2D eigenvalue weighted by Gasteiger charge is -2.19. The molecule has 0 spiro atoms. The van der Waals surface area contributed by atoms with Crippen molar-refractivity contribution in [2.24, 2.45) is 0 Å². The molecular weight excluding hydrogens is 292 g/mol. The average Bonchev–Trinajstić information content (AvgIpc) is 3.23. The summed E-state index contributed by atoms with van der Waals surface area (Å²) in [4.78, 5) is 12.5. The minimum atomic E-state index is -0.228. The van der Waals surface area contributed by atoms with Gasteiger partial charge in [-0.05, 0) is 55.2 Å². The van der Waals surface area contributed by atoms with Crippen LogP contribution in [0.5, 0.6) is 11.5 Å². The minimum absolute atomic E-state index is 0.0221. The van der Waals surface area contributed by atoms with E-state index in [-0.39, 0.29) is 18.0 Å². The van der Waals surface area contributed by atoms with Gasteiger partial charge >= 0.3 is 0 Å². The quantitative estimate of drug-likeness (QED) is 0.923. The Kier molecular flexibility index (Phi) is 4.28. The zero-order valence-corrected chi connectivity index (χ0v) is 13.7. The summed E-state index contributed by atoms with van der Waals surface area (Å²) in [6, 6.07) is 7.63. The van der Waals surface area contributed by atoms with E-state index in [1.807, 2.05) is 48.1 Å². The van der Waals surface area contributed by atoms with Crippen molar-refractivity contribution in [3.05, 3.63) is 47.8 Å². The molecule has 0 aliphatic heterocycles. The van der Waals surface area contributed by atoms with Crippen molar-refractivity contribution < 1.29 is 14.3 Å². The Morgan fingerprint density at radius 3 is 2.52 bits per heavy atom. The van der Waals surface area contributed by atoms with Crippen molar-refractivity contribution in [2.75, 3.05) is 14.2 Å². The van der Waals surface area contributed by atoms with Crippen molar-refractivity contribution in [1.29, 1.82) is 0 Å². The van der Waals surface area contributed by atoms with E-state index in [4.69, 9.17) is 9.47 Å². The van der Waals surface area contributed by atoms with Gasteiger partial charge in [0.2, 0.25) is 5.91 Å². The molecule has 0 bridgehead atoms. The van der Waals surface area contributed by atoms with Crippen LogP contribution in [0.2, 0.25) is 0 Å². The number of fused-ring (bicyclic) bond motifs is 1. The highest BCUT2D eigenvalue weighted by Crippen LogP contribution is 2.39. The molecular formula is C18H22N2O3. The summed E-state index contributed by atoms with van der Waals surface area (Å²) in [7, 11) is 3.26. The number of hydrogen-bond donors (Lipinski definition) is 1. The number of methoxy groups -OCH3 is 2. The lowest BCUT2D eigenvalue weighted by molar-refractivity contribution is -0.124. The Hall–Kier alpha value is -2.43. The number of aromatic nitrogens is 1. The number of amides is 1. The fourth-order valence-corrected chi connectivity index (χ4v) is 3.12. The summed E-state index contributed by atoms with van der Waals surface area (Å²) in [6.07, 6.45) is 5.63. The molecule has 23 heavy (non-hydrogen) atoms. The van der Waals surface area contributed by atoms with E-state index in [1.54, 1.807) is 14.2 Å². The van der Waals surface area contributed by atoms with Crippen LogP contribution in [0.3, 0.4) is 0 Å². The third-order valence-corrected chi connectivity index (χ3v) is 4.49. The molecule has 3 rings (SSSR count). The molecule has 1 aliphatic carbocycles. The predicted octanol–water partition coefficient (Wildman–Crippen LogP) is 2.87. The van der Waals surface area contributed by atoms with Gasteiger partial charge < -0.3 is 19.4 Å². The van der Waals surface area contributed by atoms with Crippen molar-refractivity contribution in [1.82, 2.24) is 9.88 Å². The van der Waals surface area contributed by atoms with Gasteiger partial charge in [0, 0.05) is 12.4 Å². The van der Waals surface area contributed by atoms with Gasteiger partial charge in [-0.2, -0.15) is 0 Å². The number of hydrogen-bond acceptors (Lipinski definition) is 3. The molecule has 1 heterocycles. The van der Waals surface area contributed by atoms with Gasteiger partial charge in [0.1, 0.15) is 6.04 Å². The Bertz CT molecular complexity index is 695. The molecule has 1 unspecified atom stereocenters. The molecule has 0 saturated carbocycles. The maximum atomic E-state index is 12.5. The number of carbonyl (C=O) groups excluding carboxylic acids is 1. The number of nitrogens with zero attached hydrogens (tertiary/aromatic N) is 1. The number of aryl methyl sites for hydroxylation is 1. The standard InChI is InChI=1S/C18H22N2O3/c1-12(20-8-4-5-9-20)18(21)19-15-7-6-13-10-16(22-2)17(23-3)11-14(13)15/h4-5,8-12,15H,6-7H2,1-3H3,(H,19,21)/t12-,15?/m0/s1. The van der Waals surface area contributed by atoms with Crippen LogP contribution in [0.1, 0.15) is 36.6 Å². The van der Waals surface area contributed by atoms with Crippen LogP contribution in [0, 0.1) is 0 Å². The Labute approximate surface area is 136 Å². The smallest absolute Gasteiger partial charge is 0.243 e.